The molecule has 126 valence electrons. The molecular formula is C7HF13O. The first-order chi connectivity index (χ1) is 8.97. The molecule has 0 aromatic carbocycles. The lowest BCUT2D eigenvalue weighted by atomic mass is 9.73. The summed E-state index contributed by atoms with van der Waals surface area (Å²) in [4.78, 5) is 1.20. The lowest BCUT2D eigenvalue weighted by Crippen LogP contribution is -2.83. The van der Waals surface area contributed by atoms with Crippen LogP contribution in [0.25, 0.3) is 0 Å². The van der Waals surface area contributed by atoms with Crippen LogP contribution in [0.15, 0.2) is 0 Å². The van der Waals surface area contributed by atoms with Crippen molar-refractivity contribution in [1.29, 1.82) is 0 Å². The van der Waals surface area contributed by atoms with Crippen LogP contribution in [0.5, 0.6) is 0 Å². The predicted octanol–water partition coefficient (Wildman–Crippen LogP) is 4.08. The Labute approximate surface area is 105 Å². The van der Waals surface area contributed by atoms with Gasteiger partial charge in [0, 0.05) is 0 Å². The molecule has 0 heterocycles. The molecule has 0 aromatic rings. The molecule has 1 nitrogen and oxygen atoms in total. The first-order valence-electron chi connectivity index (χ1n) is 4.48. The van der Waals surface area contributed by atoms with Gasteiger partial charge in [-0.25, -0.2) is 8.78 Å². The first kappa shape index (κ1) is 18.1. The van der Waals surface area contributed by atoms with Gasteiger partial charge in [0.05, 0.1) is 0 Å². The summed E-state index contributed by atoms with van der Waals surface area (Å²) < 4.78 is 164. The molecule has 14 heteroatoms. The van der Waals surface area contributed by atoms with Crippen molar-refractivity contribution in [3.63, 3.8) is 0 Å². The summed E-state index contributed by atoms with van der Waals surface area (Å²) in [5.74, 6) is -29.2. The van der Waals surface area contributed by atoms with Gasteiger partial charge in [0.25, 0.3) is 0 Å². The van der Waals surface area contributed by atoms with E-state index in [-0.39, 0.29) is 0 Å². The summed E-state index contributed by atoms with van der Waals surface area (Å²) >= 11 is 0. The van der Waals surface area contributed by atoms with E-state index in [1.807, 2.05) is 0 Å². The predicted molar refractivity (Wildman–Crippen MR) is 35.7 cm³/mol. The standard InChI is InChI=1S/C7HF13O/c8-1-2(9,7(18,19)21-20)4(12,13)6(16,17)5(14,15)3(1,10)11/h1H. The van der Waals surface area contributed by atoms with Crippen molar-refractivity contribution in [2.45, 2.75) is 41.6 Å². The van der Waals surface area contributed by atoms with E-state index in [4.69, 9.17) is 0 Å². The summed E-state index contributed by atoms with van der Waals surface area (Å²) in [6.45, 7) is 0. The monoisotopic (exact) mass is 348 g/mol. The molecule has 1 rings (SSSR count). The molecule has 1 aliphatic rings. The van der Waals surface area contributed by atoms with Gasteiger partial charge >= 0.3 is 35.5 Å². The Bertz CT molecular complexity index is 430. The lowest BCUT2D eigenvalue weighted by molar-refractivity contribution is -0.506. The minimum atomic E-state index is -7.48. The summed E-state index contributed by atoms with van der Waals surface area (Å²) in [5, 5.41) is 0. The first-order valence-corrected chi connectivity index (χ1v) is 4.48. The van der Waals surface area contributed by atoms with Crippen molar-refractivity contribution >= 4 is 0 Å². The quantitative estimate of drug-likeness (QED) is 0.684. The Kier molecular flexibility index (Phi) is 3.51. The Balaban J connectivity index is 3.77. The van der Waals surface area contributed by atoms with Crippen LogP contribution in [0.2, 0.25) is 0 Å². The lowest BCUT2D eigenvalue weighted by Gasteiger charge is -2.50. The van der Waals surface area contributed by atoms with E-state index in [0.29, 0.717) is 0 Å². The fraction of sp³-hybridized carbons (Fsp3) is 1.00. The molecule has 2 unspecified atom stereocenters. The molecule has 1 fully saturated rings. The third-order valence-electron chi connectivity index (χ3n) is 2.85. The van der Waals surface area contributed by atoms with Gasteiger partial charge in [0.2, 0.25) is 6.17 Å². The van der Waals surface area contributed by atoms with Crippen molar-refractivity contribution in [1.82, 2.24) is 0 Å². The molecule has 0 bridgehead atoms. The molecule has 1 aliphatic carbocycles. The molecule has 0 radical (unpaired) electrons. The fourth-order valence-electron chi connectivity index (χ4n) is 1.59. The summed E-state index contributed by atoms with van der Waals surface area (Å²) in [6, 6.07) is 0. The normalized spacial score (nSPS) is 37.3. The average Bonchev–Trinajstić information content (AvgIpc) is 2.34. The maximum atomic E-state index is 13.3. The van der Waals surface area contributed by atoms with Crippen LogP contribution in [-0.2, 0) is 4.94 Å². The van der Waals surface area contributed by atoms with Crippen molar-refractivity contribution in [2.24, 2.45) is 0 Å². The van der Waals surface area contributed by atoms with Gasteiger partial charge in [-0.1, -0.05) is 0 Å². The number of halogens is 13. The van der Waals surface area contributed by atoms with Crippen LogP contribution in [0, 0.1) is 0 Å². The van der Waals surface area contributed by atoms with Crippen molar-refractivity contribution in [3.8, 4) is 0 Å². The summed E-state index contributed by atoms with van der Waals surface area (Å²) in [6.07, 6.45) is -12.8. The van der Waals surface area contributed by atoms with E-state index >= 15 is 0 Å². The second kappa shape index (κ2) is 4.07. The van der Waals surface area contributed by atoms with Gasteiger partial charge in [-0.05, 0) is 4.53 Å². The van der Waals surface area contributed by atoms with Gasteiger partial charge in [0.15, 0.2) is 0 Å². The molecule has 2 atom stereocenters. The van der Waals surface area contributed by atoms with E-state index in [2.05, 4.69) is 0 Å². The van der Waals surface area contributed by atoms with Crippen LogP contribution in [0.1, 0.15) is 0 Å². The maximum absolute atomic E-state index is 13.3. The van der Waals surface area contributed by atoms with Crippen molar-refractivity contribution in [3.05, 3.63) is 0 Å². The Morgan fingerprint density at radius 3 is 1.43 bits per heavy atom. The van der Waals surface area contributed by atoms with Crippen LogP contribution >= 0.6 is 0 Å². The minimum absolute atomic E-state index is 1.20. The van der Waals surface area contributed by atoms with Gasteiger partial charge in [-0.2, -0.15) is 43.9 Å². The van der Waals surface area contributed by atoms with Crippen molar-refractivity contribution in [2.75, 3.05) is 0 Å². The second-order valence-corrected chi connectivity index (χ2v) is 4.01. The van der Waals surface area contributed by atoms with Gasteiger partial charge in [-0.15, -0.1) is 4.94 Å². The van der Waals surface area contributed by atoms with Gasteiger partial charge in [0.1, 0.15) is 0 Å². The Morgan fingerprint density at radius 1 is 0.714 bits per heavy atom. The van der Waals surface area contributed by atoms with Crippen LogP contribution in [0.3, 0.4) is 0 Å². The zero-order valence-electron chi connectivity index (χ0n) is 8.90. The molecule has 0 N–H and O–H groups in total. The third-order valence-corrected chi connectivity index (χ3v) is 2.85. The molecule has 0 saturated heterocycles. The molecule has 1 saturated carbocycles. The number of hydrogen-bond acceptors (Lipinski definition) is 1. The average molecular weight is 348 g/mol. The topological polar surface area (TPSA) is 9.23 Å². The zero-order valence-corrected chi connectivity index (χ0v) is 8.90. The molecule has 0 spiro atoms. The molecule has 0 aromatic heterocycles. The summed E-state index contributed by atoms with van der Waals surface area (Å²) in [5.41, 5.74) is -7.11. The SMILES string of the molecule is FOC(F)(F)C1(F)C(F)C(F)(F)C(F)(F)C(F)(F)C1(F)F. The van der Waals surface area contributed by atoms with Crippen LogP contribution in [-0.4, -0.2) is 41.6 Å². The fourth-order valence-corrected chi connectivity index (χ4v) is 1.59. The highest BCUT2D eigenvalue weighted by molar-refractivity contribution is 5.25. The third kappa shape index (κ3) is 1.59. The van der Waals surface area contributed by atoms with E-state index in [0.717, 1.165) is 0 Å². The minimum Gasteiger partial charge on any atom is -0.236 e. The number of alkyl halides is 12. The zero-order chi connectivity index (χ0) is 17.3. The van der Waals surface area contributed by atoms with Gasteiger partial charge in [-0.3, -0.25) is 0 Å². The molecule has 0 amide bonds. The second-order valence-electron chi connectivity index (χ2n) is 4.01. The molecular weight excluding hydrogens is 347 g/mol. The largest absolute Gasteiger partial charge is 0.428 e. The number of hydrogen-bond donors (Lipinski definition) is 0. The van der Waals surface area contributed by atoms with E-state index in [1.54, 1.807) is 0 Å². The molecule has 0 aliphatic heterocycles. The van der Waals surface area contributed by atoms with Crippen LogP contribution < -0.4 is 0 Å². The van der Waals surface area contributed by atoms with E-state index in [9.17, 15) is 57.2 Å². The Hall–Kier alpha value is -0.950. The van der Waals surface area contributed by atoms with Crippen LogP contribution in [0.4, 0.5) is 57.2 Å². The van der Waals surface area contributed by atoms with Gasteiger partial charge < -0.3 is 0 Å². The highest BCUT2D eigenvalue weighted by atomic mass is 19.4. The highest BCUT2D eigenvalue weighted by Gasteiger charge is 2.99. The Morgan fingerprint density at radius 2 is 1.10 bits per heavy atom. The highest BCUT2D eigenvalue weighted by Crippen LogP contribution is 2.68. The van der Waals surface area contributed by atoms with E-state index < -0.39 is 41.6 Å². The van der Waals surface area contributed by atoms with Crippen molar-refractivity contribution < 1.29 is 62.2 Å². The maximum Gasteiger partial charge on any atom is 0.428 e. The summed E-state index contributed by atoms with van der Waals surface area (Å²) in [7, 11) is 0. The smallest absolute Gasteiger partial charge is 0.236 e. The van der Waals surface area contributed by atoms with E-state index in [1.165, 1.54) is 4.94 Å². The molecule has 21 heavy (non-hydrogen) atoms. The number of rotatable bonds is 2.